The first kappa shape index (κ1) is 16.8. The number of carbonyl (C=O) groups is 2. The van der Waals surface area contributed by atoms with Gasteiger partial charge in [0, 0.05) is 12.0 Å². The number of fused-ring (bicyclic) bond motifs is 1. The zero-order valence-electron chi connectivity index (χ0n) is 14.2. The third-order valence-electron chi connectivity index (χ3n) is 4.13. The quantitative estimate of drug-likeness (QED) is 0.778. The van der Waals surface area contributed by atoms with Gasteiger partial charge in [0.2, 0.25) is 5.78 Å². The highest BCUT2D eigenvalue weighted by Crippen LogP contribution is 2.35. The number of methoxy groups -OCH3 is 3. The molecule has 1 aliphatic carbocycles. The van der Waals surface area contributed by atoms with Gasteiger partial charge in [0.05, 0.1) is 26.9 Å². The number of benzene rings is 2. The van der Waals surface area contributed by atoms with Gasteiger partial charge in [-0.15, -0.1) is 0 Å². The molecule has 3 rings (SSSR count). The number of hydrogen-bond donors (Lipinski definition) is 0. The van der Waals surface area contributed by atoms with Crippen molar-refractivity contribution < 1.29 is 28.5 Å². The van der Waals surface area contributed by atoms with Gasteiger partial charge in [0.15, 0.2) is 17.6 Å². The summed E-state index contributed by atoms with van der Waals surface area (Å²) in [5.41, 5.74) is 1.59. The highest BCUT2D eigenvalue weighted by Gasteiger charge is 2.35. The predicted molar refractivity (Wildman–Crippen MR) is 89.8 cm³/mol. The van der Waals surface area contributed by atoms with Crippen LogP contribution in [-0.4, -0.2) is 39.2 Å². The molecule has 25 heavy (non-hydrogen) atoms. The summed E-state index contributed by atoms with van der Waals surface area (Å²) in [6, 6.07) is 9.97. The average molecular weight is 342 g/mol. The molecule has 130 valence electrons. The Labute approximate surface area is 145 Å². The Kier molecular flexibility index (Phi) is 4.61. The molecule has 2 aromatic rings. The molecule has 0 aromatic heterocycles. The first-order chi connectivity index (χ1) is 12.1. The predicted octanol–water partition coefficient (Wildman–Crippen LogP) is 2.68. The molecule has 0 spiro atoms. The zero-order valence-corrected chi connectivity index (χ0v) is 14.2. The second kappa shape index (κ2) is 6.84. The van der Waals surface area contributed by atoms with E-state index < -0.39 is 12.1 Å². The lowest BCUT2D eigenvalue weighted by molar-refractivity contribution is 0.0304. The van der Waals surface area contributed by atoms with Crippen LogP contribution in [0, 0.1) is 0 Å². The van der Waals surface area contributed by atoms with E-state index >= 15 is 0 Å². The molecule has 0 fully saturated rings. The van der Waals surface area contributed by atoms with E-state index in [1.807, 2.05) is 0 Å². The number of carbonyl (C=O) groups excluding carboxylic acids is 2. The average Bonchev–Trinajstić information content (AvgIpc) is 2.95. The van der Waals surface area contributed by atoms with E-state index in [0.29, 0.717) is 34.8 Å². The SMILES string of the molecule is COc1cccc(C(=O)OC2Cc3cc(OC)c(OC)cc3C2=O)c1. The van der Waals surface area contributed by atoms with E-state index in [0.717, 1.165) is 5.56 Å². The van der Waals surface area contributed by atoms with Gasteiger partial charge in [-0.25, -0.2) is 4.79 Å². The van der Waals surface area contributed by atoms with E-state index in [1.54, 1.807) is 36.4 Å². The van der Waals surface area contributed by atoms with Gasteiger partial charge < -0.3 is 18.9 Å². The first-order valence-electron chi connectivity index (χ1n) is 7.71. The van der Waals surface area contributed by atoms with E-state index in [4.69, 9.17) is 18.9 Å². The van der Waals surface area contributed by atoms with Gasteiger partial charge in [0.25, 0.3) is 0 Å². The standard InChI is InChI=1S/C19H18O6/c1-22-13-6-4-5-11(7-13)19(21)25-17-9-12-8-15(23-2)16(24-3)10-14(12)18(17)20/h4-8,10,17H,9H2,1-3H3. The molecular formula is C19H18O6. The summed E-state index contributed by atoms with van der Waals surface area (Å²) in [5.74, 6) is 0.740. The maximum Gasteiger partial charge on any atom is 0.339 e. The molecule has 6 heteroatoms. The maximum absolute atomic E-state index is 12.6. The number of esters is 1. The minimum absolute atomic E-state index is 0.243. The normalized spacial score (nSPS) is 15.5. The molecule has 0 bridgehead atoms. The molecule has 2 aromatic carbocycles. The lowest BCUT2D eigenvalue weighted by Gasteiger charge is -2.11. The van der Waals surface area contributed by atoms with Crippen molar-refractivity contribution in [1.82, 2.24) is 0 Å². The van der Waals surface area contributed by atoms with Crippen LogP contribution >= 0.6 is 0 Å². The fraction of sp³-hybridized carbons (Fsp3) is 0.263. The Morgan fingerprint density at radius 2 is 1.72 bits per heavy atom. The van der Waals surface area contributed by atoms with Crippen molar-refractivity contribution in [2.24, 2.45) is 0 Å². The second-order valence-electron chi connectivity index (χ2n) is 5.56. The fourth-order valence-corrected chi connectivity index (χ4v) is 2.83. The third-order valence-corrected chi connectivity index (χ3v) is 4.13. The molecule has 1 aliphatic rings. The molecule has 0 aliphatic heterocycles. The second-order valence-corrected chi connectivity index (χ2v) is 5.56. The van der Waals surface area contributed by atoms with Crippen LogP contribution in [0.5, 0.6) is 17.2 Å². The zero-order chi connectivity index (χ0) is 18.0. The van der Waals surface area contributed by atoms with E-state index in [1.165, 1.54) is 21.3 Å². The first-order valence-corrected chi connectivity index (χ1v) is 7.71. The van der Waals surface area contributed by atoms with Gasteiger partial charge >= 0.3 is 5.97 Å². The summed E-state index contributed by atoms with van der Waals surface area (Å²) in [5, 5.41) is 0. The Balaban J connectivity index is 1.80. The summed E-state index contributed by atoms with van der Waals surface area (Å²) in [4.78, 5) is 24.9. The minimum Gasteiger partial charge on any atom is -0.497 e. The molecule has 0 saturated carbocycles. The molecule has 1 atom stereocenters. The summed E-state index contributed by atoms with van der Waals surface area (Å²) in [6.45, 7) is 0. The molecule has 0 amide bonds. The van der Waals surface area contributed by atoms with Crippen LogP contribution in [-0.2, 0) is 11.2 Å². The summed E-state index contributed by atoms with van der Waals surface area (Å²) >= 11 is 0. The minimum atomic E-state index is -0.856. The smallest absolute Gasteiger partial charge is 0.339 e. The fourth-order valence-electron chi connectivity index (χ4n) is 2.83. The Hall–Kier alpha value is -3.02. The Morgan fingerprint density at radius 3 is 2.40 bits per heavy atom. The van der Waals surface area contributed by atoms with Crippen molar-refractivity contribution in [2.75, 3.05) is 21.3 Å². The van der Waals surface area contributed by atoms with Gasteiger partial charge in [-0.05, 0) is 35.9 Å². The van der Waals surface area contributed by atoms with Crippen LogP contribution in [0.2, 0.25) is 0 Å². The van der Waals surface area contributed by atoms with Gasteiger partial charge in [-0.3, -0.25) is 4.79 Å². The molecule has 0 heterocycles. The van der Waals surface area contributed by atoms with Crippen LogP contribution in [0.3, 0.4) is 0 Å². The summed E-state index contributed by atoms with van der Waals surface area (Å²) in [6.07, 6.45) is -0.546. The van der Waals surface area contributed by atoms with Crippen LogP contribution < -0.4 is 14.2 Å². The topological polar surface area (TPSA) is 71.1 Å². The van der Waals surface area contributed by atoms with Crippen molar-refractivity contribution in [3.63, 3.8) is 0 Å². The van der Waals surface area contributed by atoms with Crippen molar-refractivity contribution in [3.8, 4) is 17.2 Å². The monoisotopic (exact) mass is 342 g/mol. The molecular weight excluding hydrogens is 324 g/mol. The van der Waals surface area contributed by atoms with Gasteiger partial charge in [-0.1, -0.05) is 6.07 Å². The number of ketones is 1. The lowest BCUT2D eigenvalue weighted by Crippen LogP contribution is -2.24. The van der Waals surface area contributed by atoms with Crippen molar-refractivity contribution in [3.05, 3.63) is 53.1 Å². The van der Waals surface area contributed by atoms with E-state index in [2.05, 4.69) is 0 Å². The molecule has 0 saturated heterocycles. The largest absolute Gasteiger partial charge is 0.497 e. The van der Waals surface area contributed by atoms with Crippen molar-refractivity contribution in [1.29, 1.82) is 0 Å². The molecule has 6 nitrogen and oxygen atoms in total. The maximum atomic E-state index is 12.6. The van der Waals surface area contributed by atoms with Crippen LogP contribution in [0.25, 0.3) is 0 Å². The highest BCUT2D eigenvalue weighted by atomic mass is 16.5. The van der Waals surface area contributed by atoms with Crippen molar-refractivity contribution in [2.45, 2.75) is 12.5 Å². The lowest BCUT2D eigenvalue weighted by atomic mass is 10.1. The summed E-state index contributed by atoms with van der Waals surface area (Å²) < 4.78 is 21.0. The number of rotatable bonds is 5. The van der Waals surface area contributed by atoms with E-state index in [-0.39, 0.29) is 5.78 Å². The Morgan fingerprint density at radius 1 is 1.00 bits per heavy atom. The van der Waals surface area contributed by atoms with Gasteiger partial charge in [0.1, 0.15) is 5.75 Å². The summed E-state index contributed by atoms with van der Waals surface area (Å²) in [7, 11) is 4.55. The van der Waals surface area contributed by atoms with Crippen molar-refractivity contribution >= 4 is 11.8 Å². The van der Waals surface area contributed by atoms with E-state index in [9.17, 15) is 9.59 Å². The number of ether oxygens (including phenoxy) is 4. The molecule has 0 N–H and O–H groups in total. The Bertz CT molecular complexity index is 827. The van der Waals surface area contributed by atoms with Crippen LogP contribution in [0.15, 0.2) is 36.4 Å². The highest BCUT2D eigenvalue weighted by molar-refractivity contribution is 6.06. The van der Waals surface area contributed by atoms with Crippen LogP contribution in [0.4, 0.5) is 0 Å². The third kappa shape index (κ3) is 3.15. The molecule has 0 radical (unpaired) electrons. The number of Topliss-reactive ketones (excluding diaryl/α,β-unsaturated/α-hetero) is 1. The van der Waals surface area contributed by atoms with Gasteiger partial charge in [-0.2, -0.15) is 0 Å². The molecule has 1 unspecified atom stereocenters. The van der Waals surface area contributed by atoms with Crippen LogP contribution in [0.1, 0.15) is 26.3 Å². The number of hydrogen-bond acceptors (Lipinski definition) is 6.